The molecule has 6 heteroatoms. The van der Waals surface area contributed by atoms with Gasteiger partial charge in [-0.05, 0) is 24.1 Å². The van der Waals surface area contributed by atoms with Crippen LogP contribution in [-0.4, -0.2) is 32.1 Å². The fourth-order valence-corrected chi connectivity index (χ4v) is 2.09. The lowest BCUT2D eigenvalue weighted by molar-refractivity contribution is -0.120. The Labute approximate surface area is 141 Å². The van der Waals surface area contributed by atoms with E-state index in [0.29, 0.717) is 18.0 Å². The lowest BCUT2D eigenvalue weighted by Crippen LogP contribution is -2.39. The second kappa shape index (κ2) is 9.19. The fourth-order valence-electron chi connectivity index (χ4n) is 2.09. The zero-order valence-corrected chi connectivity index (χ0v) is 13.5. The van der Waals surface area contributed by atoms with Crippen molar-refractivity contribution >= 4 is 17.6 Å². The number of urea groups is 1. The Morgan fingerprint density at radius 3 is 2.54 bits per heavy atom. The zero-order valence-electron chi connectivity index (χ0n) is 13.5. The summed E-state index contributed by atoms with van der Waals surface area (Å²) in [5, 5.41) is 7.93. The number of amides is 3. The van der Waals surface area contributed by atoms with Crippen LogP contribution >= 0.6 is 0 Å². The van der Waals surface area contributed by atoms with Crippen molar-refractivity contribution in [2.24, 2.45) is 0 Å². The van der Waals surface area contributed by atoms with Gasteiger partial charge in [-0.15, -0.1) is 0 Å². The molecule has 0 spiro atoms. The van der Waals surface area contributed by atoms with Crippen LogP contribution in [0, 0.1) is 0 Å². The van der Waals surface area contributed by atoms with Gasteiger partial charge >= 0.3 is 6.03 Å². The highest BCUT2D eigenvalue weighted by Gasteiger charge is 2.06. The smallest absolute Gasteiger partial charge is 0.319 e. The molecule has 0 fully saturated rings. The maximum Gasteiger partial charge on any atom is 0.319 e. The molecule has 0 radical (unpaired) electrons. The Morgan fingerprint density at radius 1 is 1.00 bits per heavy atom. The number of nitrogens with one attached hydrogen (secondary N) is 3. The van der Waals surface area contributed by atoms with Gasteiger partial charge in [0.05, 0.1) is 13.7 Å². The Kier molecular flexibility index (Phi) is 6.64. The van der Waals surface area contributed by atoms with Crippen LogP contribution in [-0.2, 0) is 11.2 Å². The largest absolute Gasteiger partial charge is 0.497 e. The number of anilines is 1. The van der Waals surface area contributed by atoms with Crippen molar-refractivity contribution in [1.82, 2.24) is 10.6 Å². The van der Waals surface area contributed by atoms with Crippen LogP contribution in [0.15, 0.2) is 54.6 Å². The Hall–Kier alpha value is -3.02. The van der Waals surface area contributed by atoms with E-state index in [9.17, 15) is 9.59 Å². The molecule has 6 nitrogen and oxygen atoms in total. The van der Waals surface area contributed by atoms with Crippen molar-refractivity contribution < 1.29 is 14.3 Å². The molecule has 0 saturated carbocycles. The van der Waals surface area contributed by atoms with E-state index in [2.05, 4.69) is 16.0 Å². The summed E-state index contributed by atoms with van der Waals surface area (Å²) in [6.07, 6.45) is 0.753. The van der Waals surface area contributed by atoms with Gasteiger partial charge in [-0.2, -0.15) is 0 Å². The van der Waals surface area contributed by atoms with Gasteiger partial charge in [-0.25, -0.2) is 4.79 Å². The lowest BCUT2D eigenvalue weighted by atomic mass is 10.1. The first-order valence-corrected chi connectivity index (χ1v) is 7.67. The van der Waals surface area contributed by atoms with Crippen LogP contribution in [0.2, 0.25) is 0 Å². The number of ether oxygens (including phenoxy) is 1. The average Bonchev–Trinajstić information content (AvgIpc) is 2.61. The quantitative estimate of drug-likeness (QED) is 0.729. The summed E-state index contributed by atoms with van der Waals surface area (Å²) in [6, 6.07) is 16.4. The van der Waals surface area contributed by atoms with Crippen molar-refractivity contribution in [3.8, 4) is 5.75 Å². The van der Waals surface area contributed by atoms with Crippen LogP contribution in [0.3, 0.4) is 0 Å². The molecule has 2 rings (SSSR count). The molecule has 0 aromatic heterocycles. The summed E-state index contributed by atoms with van der Waals surface area (Å²) in [4.78, 5) is 23.5. The molecule has 3 amide bonds. The first kappa shape index (κ1) is 17.3. The van der Waals surface area contributed by atoms with E-state index < -0.39 is 6.03 Å². The predicted octanol–water partition coefficient (Wildman–Crippen LogP) is 2.18. The van der Waals surface area contributed by atoms with Gasteiger partial charge in [0.2, 0.25) is 5.91 Å². The molecule has 0 aliphatic heterocycles. The Balaban J connectivity index is 1.66. The molecule has 0 heterocycles. The predicted molar refractivity (Wildman–Crippen MR) is 93.2 cm³/mol. The molecule has 3 N–H and O–H groups in total. The highest BCUT2D eigenvalue weighted by Crippen LogP contribution is 2.16. The van der Waals surface area contributed by atoms with Crippen LogP contribution in [0.4, 0.5) is 10.5 Å². The summed E-state index contributed by atoms with van der Waals surface area (Å²) in [7, 11) is 1.55. The van der Waals surface area contributed by atoms with Crippen molar-refractivity contribution in [2.45, 2.75) is 6.42 Å². The molecule has 126 valence electrons. The minimum atomic E-state index is -0.443. The first-order chi connectivity index (χ1) is 11.7. The van der Waals surface area contributed by atoms with Crippen LogP contribution in [0.25, 0.3) is 0 Å². The molecule has 0 aliphatic rings. The highest BCUT2D eigenvalue weighted by molar-refractivity contribution is 5.92. The number of hydrogen-bond acceptors (Lipinski definition) is 3. The molecule has 0 bridgehead atoms. The summed E-state index contributed by atoms with van der Waals surface area (Å²) >= 11 is 0. The van der Waals surface area contributed by atoms with E-state index in [4.69, 9.17) is 4.74 Å². The zero-order chi connectivity index (χ0) is 17.2. The van der Waals surface area contributed by atoms with Gasteiger partial charge < -0.3 is 20.7 Å². The molecule has 0 atom stereocenters. The normalized spacial score (nSPS) is 9.88. The van der Waals surface area contributed by atoms with Gasteiger partial charge in [-0.3, -0.25) is 4.79 Å². The topological polar surface area (TPSA) is 79.5 Å². The van der Waals surface area contributed by atoms with E-state index in [-0.39, 0.29) is 12.5 Å². The number of rotatable bonds is 7. The van der Waals surface area contributed by atoms with Crippen LogP contribution < -0.4 is 20.7 Å². The SMILES string of the molecule is COc1cccc(NC(=O)NCC(=O)NCCc2ccccc2)c1. The molecule has 2 aromatic rings. The van der Waals surface area contributed by atoms with Gasteiger partial charge in [0, 0.05) is 18.3 Å². The summed E-state index contributed by atoms with van der Waals surface area (Å²) in [6.45, 7) is 0.451. The van der Waals surface area contributed by atoms with Gasteiger partial charge in [0.25, 0.3) is 0 Å². The Morgan fingerprint density at radius 2 is 1.79 bits per heavy atom. The summed E-state index contributed by atoms with van der Waals surface area (Å²) in [5.41, 5.74) is 1.75. The third-order valence-electron chi connectivity index (χ3n) is 3.32. The van der Waals surface area contributed by atoms with Crippen molar-refractivity contribution in [2.75, 3.05) is 25.5 Å². The van der Waals surface area contributed by atoms with E-state index >= 15 is 0 Å². The maximum atomic E-state index is 11.8. The number of benzene rings is 2. The van der Waals surface area contributed by atoms with Gasteiger partial charge in [0.15, 0.2) is 0 Å². The standard InChI is InChI=1S/C18H21N3O3/c1-24-16-9-5-8-15(12-16)21-18(23)20-13-17(22)19-11-10-14-6-3-2-4-7-14/h2-9,12H,10-11,13H2,1H3,(H,19,22)(H2,20,21,23). The molecule has 0 unspecified atom stereocenters. The summed E-state index contributed by atoms with van der Waals surface area (Å²) in [5.74, 6) is 0.415. The minimum absolute atomic E-state index is 0.0788. The molecule has 0 saturated heterocycles. The molecule has 0 aliphatic carbocycles. The third-order valence-corrected chi connectivity index (χ3v) is 3.32. The van der Waals surface area contributed by atoms with Gasteiger partial charge in [-0.1, -0.05) is 36.4 Å². The average molecular weight is 327 g/mol. The number of carbonyl (C=O) groups is 2. The lowest BCUT2D eigenvalue weighted by Gasteiger charge is -2.09. The van der Waals surface area contributed by atoms with E-state index in [0.717, 1.165) is 12.0 Å². The van der Waals surface area contributed by atoms with Crippen LogP contribution in [0.5, 0.6) is 5.75 Å². The molecule has 2 aromatic carbocycles. The monoisotopic (exact) mass is 327 g/mol. The van der Waals surface area contributed by atoms with Gasteiger partial charge in [0.1, 0.15) is 5.75 Å². The maximum absolute atomic E-state index is 11.8. The third kappa shape index (κ3) is 6.00. The summed E-state index contributed by atoms with van der Waals surface area (Å²) < 4.78 is 5.08. The second-order valence-corrected chi connectivity index (χ2v) is 5.13. The fraction of sp³-hybridized carbons (Fsp3) is 0.222. The molecule has 24 heavy (non-hydrogen) atoms. The number of carbonyl (C=O) groups excluding carboxylic acids is 2. The van der Waals surface area contributed by atoms with Crippen LogP contribution in [0.1, 0.15) is 5.56 Å². The molecular formula is C18H21N3O3. The van der Waals surface area contributed by atoms with Crippen molar-refractivity contribution in [1.29, 1.82) is 0 Å². The van der Waals surface area contributed by atoms with E-state index in [1.165, 1.54) is 0 Å². The Bertz CT molecular complexity index is 674. The minimum Gasteiger partial charge on any atom is -0.497 e. The number of methoxy groups -OCH3 is 1. The van der Waals surface area contributed by atoms with Crippen molar-refractivity contribution in [3.05, 3.63) is 60.2 Å². The van der Waals surface area contributed by atoms with E-state index in [1.54, 1.807) is 31.4 Å². The number of hydrogen-bond donors (Lipinski definition) is 3. The molecular weight excluding hydrogens is 306 g/mol. The second-order valence-electron chi connectivity index (χ2n) is 5.13. The van der Waals surface area contributed by atoms with E-state index in [1.807, 2.05) is 30.3 Å². The van der Waals surface area contributed by atoms with Crippen molar-refractivity contribution in [3.63, 3.8) is 0 Å². The first-order valence-electron chi connectivity index (χ1n) is 7.67. The highest BCUT2D eigenvalue weighted by atomic mass is 16.5.